The first-order valence-electron chi connectivity index (χ1n) is 7.68. The van der Waals surface area contributed by atoms with Crippen molar-refractivity contribution in [2.45, 2.75) is 71.6 Å². The molecule has 0 saturated carbocycles. The van der Waals surface area contributed by atoms with E-state index >= 15 is 0 Å². The second-order valence-electron chi connectivity index (χ2n) is 5.71. The lowest BCUT2D eigenvalue weighted by atomic mass is 10.0. The van der Waals surface area contributed by atoms with Crippen LogP contribution in [0.25, 0.3) is 0 Å². The fourth-order valence-electron chi connectivity index (χ4n) is 3.27. The fraction of sp³-hybridized carbons (Fsp3) is 1.00. The summed E-state index contributed by atoms with van der Waals surface area (Å²) < 4.78 is 1.46. The summed E-state index contributed by atoms with van der Waals surface area (Å²) in [6.07, 6.45) is 13.0. The molecule has 1 saturated heterocycles. The number of hydrogen-bond acceptors (Lipinski definition) is 0. The number of quaternary nitrogens is 1. The molecule has 0 bridgehead atoms. The first kappa shape index (κ1) is 16.9. The molecule has 0 N–H and O–H groups in total. The second-order valence-corrected chi connectivity index (χ2v) is 5.71. The maximum absolute atomic E-state index is 2.35. The summed E-state index contributed by atoms with van der Waals surface area (Å²) in [4.78, 5) is 0. The van der Waals surface area contributed by atoms with Crippen LogP contribution < -0.4 is 4.70 Å². The molecule has 0 spiro atoms. The van der Waals surface area contributed by atoms with Crippen LogP contribution in [0.15, 0.2) is 0 Å². The standard InChI is InChI=1S/C15H32N.FH/c1-3-5-6-7-9-13-16(12-4-2)14-10-8-11-15-16;/h3-15H2,1-2H3;1H/q+1;/p-1. The van der Waals surface area contributed by atoms with Gasteiger partial charge in [0.25, 0.3) is 0 Å². The van der Waals surface area contributed by atoms with Gasteiger partial charge in [0.05, 0.1) is 26.2 Å². The Hall–Kier alpha value is -0.110. The summed E-state index contributed by atoms with van der Waals surface area (Å²) in [5, 5.41) is 0. The van der Waals surface area contributed by atoms with Crippen LogP contribution in [0.3, 0.4) is 0 Å². The third-order valence-corrected chi connectivity index (χ3v) is 4.20. The van der Waals surface area contributed by atoms with Crippen molar-refractivity contribution in [1.82, 2.24) is 0 Å². The molecule has 0 aromatic heterocycles. The van der Waals surface area contributed by atoms with E-state index in [4.69, 9.17) is 0 Å². The highest BCUT2D eigenvalue weighted by atomic mass is 19.0. The van der Waals surface area contributed by atoms with Crippen LogP contribution in [-0.2, 0) is 0 Å². The van der Waals surface area contributed by atoms with E-state index in [1.165, 1.54) is 88.4 Å². The van der Waals surface area contributed by atoms with Gasteiger partial charge in [-0.05, 0) is 38.5 Å². The average molecular weight is 245 g/mol. The topological polar surface area (TPSA) is 0 Å². The van der Waals surface area contributed by atoms with Crippen molar-refractivity contribution in [3.8, 4) is 0 Å². The Kier molecular flexibility index (Phi) is 9.81. The van der Waals surface area contributed by atoms with Gasteiger partial charge in [-0.2, -0.15) is 0 Å². The zero-order valence-corrected chi connectivity index (χ0v) is 12.0. The summed E-state index contributed by atoms with van der Waals surface area (Å²) in [7, 11) is 0. The van der Waals surface area contributed by atoms with E-state index in [0.29, 0.717) is 0 Å². The number of halogens is 1. The second kappa shape index (κ2) is 9.87. The van der Waals surface area contributed by atoms with Crippen molar-refractivity contribution in [1.29, 1.82) is 0 Å². The molecule has 17 heavy (non-hydrogen) atoms. The number of hydrogen-bond donors (Lipinski definition) is 0. The molecular formula is C15H32FN. The molecule has 0 unspecified atom stereocenters. The molecule has 1 nitrogen and oxygen atoms in total. The molecule has 2 heteroatoms. The van der Waals surface area contributed by atoms with Crippen LogP contribution in [0.2, 0.25) is 0 Å². The molecule has 0 aromatic rings. The van der Waals surface area contributed by atoms with Crippen LogP contribution in [0.5, 0.6) is 0 Å². The Bertz CT molecular complexity index is 159. The monoisotopic (exact) mass is 245 g/mol. The van der Waals surface area contributed by atoms with Gasteiger partial charge in [-0.15, -0.1) is 0 Å². The van der Waals surface area contributed by atoms with Gasteiger partial charge in [0.1, 0.15) is 0 Å². The molecule has 0 amide bonds. The lowest BCUT2D eigenvalue weighted by Crippen LogP contribution is -3.00. The Morgan fingerprint density at radius 3 is 1.94 bits per heavy atom. The molecule has 1 aliphatic heterocycles. The van der Waals surface area contributed by atoms with Crippen LogP contribution in [0, 0.1) is 0 Å². The number of piperidine rings is 1. The van der Waals surface area contributed by atoms with Crippen molar-refractivity contribution in [2.75, 3.05) is 26.2 Å². The van der Waals surface area contributed by atoms with Crippen molar-refractivity contribution in [3.63, 3.8) is 0 Å². The van der Waals surface area contributed by atoms with Crippen molar-refractivity contribution in [2.24, 2.45) is 0 Å². The van der Waals surface area contributed by atoms with Crippen molar-refractivity contribution in [3.05, 3.63) is 0 Å². The van der Waals surface area contributed by atoms with E-state index in [9.17, 15) is 0 Å². The van der Waals surface area contributed by atoms with Crippen LogP contribution in [0.4, 0.5) is 0 Å². The van der Waals surface area contributed by atoms with E-state index in [2.05, 4.69) is 13.8 Å². The van der Waals surface area contributed by atoms with E-state index in [0.717, 1.165) is 0 Å². The average Bonchev–Trinajstić information content (AvgIpc) is 2.30. The normalized spacial score (nSPS) is 18.7. The highest BCUT2D eigenvalue weighted by Crippen LogP contribution is 2.21. The van der Waals surface area contributed by atoms with Gasteiger partial charge in [-0.3, -0.25) is 0 Å². The molecule has 1 aliphatic rings. The minimum Gasteiger partial charge on any atom is -1.00 e. The van der Waals surface area contributed by atoms with Gasteiger partial charge in [0, 0.05) is 0 Å². The zero-order valence-electron chi connectivity index (χ0n) is 12.0. The van der Waals surface area contributed by atoms with Crippen molar-refractivity contribution >= 4 is 0 Å². The summed E-state index contributed by atoms with van der Waals surface area (Å²) in [5.41, 5.74) is 0. The molecule has 104 valence electrons. The van der Waals surface area contributed by atoms with E-state index in [-0.39, 0.29) is 4.70 Å². The quantitative estimate of drug-likeness (QED) is 0.448. The zero-order chi connectivity index (χ0) is 11.7. The molecule has 1 rings (SSSR count). The van der Waals surface area contributed by atoms with E-state index in [1.807, 2.05) is 0 Å². The smallest absolute Gasteiger partial charge is 0.0786 e. The molecule has 0 aromatic carbocycles. The summed E-state index contributed by atoms with van der Waals surface area (Å²) in [6, 6.07) is 0. The third kappa shape index (κ3) is 6.40. The SMILES string of the molecule is CCCCCCC[N+]1(CCC)CCCCC1.[F-]. The van der Waals surface area contributed by atoms with Gasteiger partial charge < -0.3 is 9.19 Å². The van der Waals surface area contributed by atoms with Gasteiger partial charge in [-0.1, -0.05) is 33.1 Å². The van der Waals surface area contributed by atoms with Crippen LogP contribution in [-0.4, -0.2) is 30.7 Å². The van der Waals surface area contributed by atoms with Gasteiger partial charge >= 0.3 is 0 Å². The van der Waals surface area contributed by atoms with Crippen molar-refractivity contribution < 1.29 is 9.19 Å². The summed E-state index contributed by atoms with van der Waals surface area (Å²) >= 11 is 0. The number of nitrogens with zero attached hydrogens (tertiary/aromatic N) is 1. The Morgan fingerprint density at radius 2 is 1.35 bits per heavy atom. The first-order chi connectivity index (χ1) is 7.83. The summed E-state index contributed by atoms with van der Waals surface area (Å²) in [5.74, 6) is 0. The minimum absolute atomic E-state index is 0. The van der Waals surface area contributed by atoms with Crippen LogP contribution >= 0.6 is 0 Å². The van der Waals surface area contributed by atoms with Gasteiger partial charge in [0.2, 0.25) is 0 Å². The van der Waals surface area contributed by atoms with E-state index < -0.39 is 0 Å². The fourth-order valence-corrected chi connectivity index (χ4v) is 3.27. The predicted molar refractivity (Wildman–Crippen MR) is 72.6 cm³/mol. The molecule has 0 aliphatic carbocycles. The van der Waals surface area contributed by atoms with Crippen LogP contribution in [0.1, 0.15) is 71.6 Å². The molecular weight excluding hydrogens is 213 g/mol. The molecule has 0 atom stereocenters. The lowest BCUT2D eigenvalue weighted by Gasteiger charge is -2.41. The highest BCUT2D eigenvalue weighted by molar-refractivity contribution is 4.55. The number of rotatable bonds is 8. The number of likely N-dealkylation sites (tertiary alicyclic amines) is 1. The maximum atomic E-state index is 2.35. The molecule has 1 heterocycles. The number of unbranched alkanes of at least 4 members (excludes halogenated alkanes) is 4. The first-order valence-corrected chi connectivity index (χ1v) is 7.68. The molecule has 0 radical (unpaired) electrons. The van der Waals surface area contributed by atoms with Gasteiger partial charge in [-0.25, -0.2) is 0 Å². The Morgan fingerprint density at radius 1 is 0.706 bits per heavy atom. The van der Waals surface area contributed by atoms with Gasteiger partial charge in [0.15, 0.2) is 0 Å². The predicted octanol–water partition coefficient (Wildman–Crippen LogP) is 1.37. The Balaban J connectivity index is 0.00000256. The molecule has 1 fully saturated rings. The summed E-state index contributed by atoms with van der Waals surface area (Å²) in [6.45, 7) is 10.5. The lowest BCUT2D eigenvalue weighted by molar-refractivity contribution is -0.932. The Labute approximate surface area is 108 Å². The largest absolute Gasteiger partial charge is 1.00 e. The third-order valence-electron chi connectivity index (χ3n) is 4.20. The minimum atomic E-state index is 0. The highest BCUT2D eigenvalue weighted by Gasteiger charge is 2.27. The van der Waals surface area contributed by atoms with E-state index in [1.54, 1.807) is 0 Å². The maximum Gasteiger partial charge on any atom is 0.0786 e.